The molecule has 10 heteroatoms. The van der Waals surface area contributed by atoms with Crippen LogP contribution in [0.2, 0.25) is 0 Å². The second kappa shape index (κ2) is 8.19. The molecule has 1 N–H and O–H groups in total. The van der Waals surface area contributed by atoms with E-state index in [-0.39, 0.29) is 5.91 Å². The molecule has 0 aliphatic carbocycles. The largest absolute Gasteiger partial charge is 0.383 e. The molecule has 5 heterocycles. The third-order valence-electron chi connectivity index (χ3n) is 5.85. The van der Waals surface area contributed by atoms with E-state index < -0.39 is 0 Å². The molecule has 32 heavy (non-hydrogen) atoms. The molecule has 0 aromatic carbocycles. The fourth-order valence-electron chi connectivity index (χ4n) is 4.11. The van der Waals surface area contributed by atoms with Crippen molar-refractivity contribution in [3.8, 4) is 22.4 Å². The maximum atomic E-state index is 12.7. The smallest absolute Gasteiger partial charge is 0.222 e. The van der Waals surface area contributed by atoms with Gasteiger partial charge in [0.2, 0.25) is 5.91 Å². The van der Waals surface area contributed by atoms with E-state index in [0.717, 1.165) is 51.4 Å². The average Bonchev–Trinajstić information content (AvgIpc) is 3.47. The Balaban J connectivity index is 1.68. The lowest BCUT2D eigenvalue weighted by molar-refractivity contribution is -0.130. The van der Waals surface area contributed by atoms with E-state index in [1.165, 1.54) is 0 Å². The van der Waals surface area contributed by atoms with Crippen LogP contribution in [0.1, 0.15) is 24.2 Å². The molecule has 0 atom stereocenters. The van der Waals surface area contributed by atoms with E-state index in [1.807, 2.05) is 41.9 Å². The molecule has 0 spiro atoms. The van der Waals surface area contributed by atoms with Crippen molar-refractivity contribution >= 4 is 17.1 Å². The quantitative estimate of drug-likeness (QED) is 0.531. The van der Waals surface area contributed by atoms with Crippen LogP contribution in [0.25, 0.3) is 33.5 Å². The molecular formula is C22H26N8O2. The van der Waals surface area contributed by atoms with Gasteiger partial charge in [0.05, 0.1) is 43.0 Å². The number of fused-ring (bicyclic) bond motifs is 6. The number of aromatic amines is 1. The molecule has 0 radical (unpaired) electrons. The highest BCUT2D eigenvalue weighted by Crippen LogP contribution is 2.31. The number of hydrogen-bond donors (Lipinski definition) is 1. The summed E-state index contributed by atoms with van der Waals surface area (Å²) in [5.41, 5.74) is 6.79. The van der Waals surface area contributed by atoms with Gasteiger partial charge in [-0.25, -0.2) is 9.97 Å². The number of ether oxygens (including phenoxy) is 1. The first-order chi connectivity index (χ1) is 15.5. The number of methoxy groups -OCH3 is 1. The van der Waals surface area contributed by atoms with Gasteiger partial charge < -0.3 is 14.6 Å². The van der Waals surface area contributed by atoms with Crippen LogP contribution < -0.4 is 0 Å². The van der Waals surface area contributed by atoms with E-state index in [1.54, 1.807) is 18.2 Å². The Hall–Kier alpha value is -3.53. The standard InChI is InChI=1S/C22H26N8O2/c1-14-16-11-29(26-14)6-4-5-20(31)28(2)13-19-17(12-30(27-19)7-8-32-3)18-10-24-22-21(25-18)15(16)9-23-22/h9-12H,4-8,13H2,1-3H3,(H,23,24). The van der Waals surface area contributed by atoms with Crippen molar-refractivity contribution in [2.24, 2.45) is 0 Å². The predicted octanol–water partition coefficient (Wildman–Crippen LogP) is 2.39. The Kier molecular flexibility index (Phi) is 5.22. The van der Waals surface area contributed by atoms with Gasteiger partial charge in [0, 0.05) is 62.4 Å². The molecule has 4 bridgehead atoms. The maximum Gasteiger partial charge on any atom is 0.222 e. The van der Waals surface area contributed by atoms with Crippen molar-refractivity contribution in [1.29, 1.82) is 0 Å². The number of carbonyl (C=O) groups excluding carboxylic acids is 1. The molecule has 0 fully saturated rings. The second-order valence-corrected chi connectivity index (χ2v) is 8.14. The van der Waals surface area contributed by atoms with Gasteiger partial charge >= 0.3 is 0 Å². The number of nitrogens with zero attached hydrogens (tertiary/aromatic N) is 7. The molecule has 5 rings (SSSR count). The molecule has 10 nitrogen and oxygen atoms in total. The summed E-state index contributed by atoms with van der Waals surface area (Å²) in [5.74, 6) is 0.0781. The van der Waals surface area contributed by atoms with Crippen molar-refractivity contribution in [1.82, 2.24) is 39.4 Å². The van der Waals surface area contributed by atoms with Crippen LogP contribution in [0, 0.1) is 6.92 Å². The lowest BCUT2D eigenvalue weighted by Gasteiger charge is -2.16. The molecule has 4 aromatic rings. The van der Waals surface area contributed by atoms with Gasteiger partial charge in [0.25, 0.3) is 0 Å². The molecular weight excluding hydrogens is 408 g/mol. The Morgan fingerprint density at radius 3 is 2.91 bits per heavy atom. The summed E-state index contributed by atoms with van der Waals surface area (Å²) in [6.07, 6.45) is 8.83. The highest BCUT2D eigenvalue weighted by Gasteiger charge is 2.20. The summed E-state index contributed by atoms with van der Waals surface area (Å²) < 4.78 is 8.95. The van der Waals surface area contributed by atoms with Crippen LogP contribution in [0.3, 0.4) is 0 Å². The molecule has 1 aliphatic rings. The normalized spacial score (nSPS) is 14.6. The van der Waals surface area contributed by atoms with Crippen LogP contribution in [-0.2, 0) is 29.2 Å². The van der Waals surface area contributed by atoms with Crippen molar-refractivity contribution in [3.05, 3.63) is 36.2 Å². The van der Waals surface area contributed by atoms with Crippen LogP contribution in [0.4, 0.5) is 0 Å². The van der Waals surface area contributed by atoms with E-state index in [4.69, 9.17) is 14.8 Å². The van der Waals surface area contributed by atoms with Gasteiger partial charge in [-0.1, -0.05) is 0 Å². The minimum Gasteiger partial charge on any atom is -0.383 e. The van der Waals surface area contributed by atoms with E-state index >= 15 is 0 Å². The zero-order valence-corrected chi connectivity index (χ0v) is 18.5. The number of aromatic nitrogens is 7. The molecule has 0 unspecified atom stereocenters. The zero-order chi connectivity index (χ0) is 22.2. The van der Waals surface area contributed by atoms with Crippen LogP contribution in [0.5, 0.6) is 0 Å². The number of rotatable bonds is 3. The number of carbonyl (C=O) groups is 1. The zero-order valence-electron chi connectivity index (χ0n) is 18.5. The maximum absolute atomic E-state index is 12.7. The Labute approximate surface area is 185 Å². The Morgan fingerprint density at radius 2 is 2.06 bits per heavy atom. The lowest BCUT2D eigenvalue weighted by Crippen LogP contribution is -2.26. The lowest BCUT2D eigenvalue weighted by atomic mass is 10.1. The molecule has 1 aliphatic heterocycles. The first kappa shape index (κ1) is 20.4. The first-order valence-electron chi connectivity index (χ1n) is 10.7. The van der Waals surface area contributed by atoms with Gasteiger partial charge in [-0.05, 0) is 13.3 Å². The Bertz CT molecular complexity index is 1280. The van der Waals surface area contributed by atoms with Crippen molar-refractivity contribution in [2.75, 3.05) is 20.8 Å². The number of aryl methyl sites for hydroxylation is 2. The van der Waals surface area contributed by atoms with Gasteiger partial charge in [-0.2, -0.15) is 10.2 Å². The van der Waals surface area contributed by atoms with Crippen molar-refractivity contribution < 1.29 is 9.53 Å². The van der Waals surface area contributed by atoms with Gasteiger partial charge in [0.15, 0.2) is 5.65 Å². The van der Waals surface area contributed by atoms with Gasteiger partial charge in [-0.3, -0.25) is 14.2 Å². The summed E-state index contributed by atoms with van der Waals surface area (Å²) in [5, 5.41) is 9.37. The number of nitrogens with one attached hydrogen (secondary N) is 1. The third kappa shape index (κ3) is 3.66. The number of amides is 1. The molecule has 1 amide bonds. The summed E-state index contributed by atoms with van der Waals surface area (Å²) >= 11 is 0. The van der Waals surface area contributed by atoms with Crippen molar-refractivity contribution in [2.45, 2.75) is 39.4 Å². The summed E-state index contributed by atoms with van der Waals surface area (Å²) in [6.45, 7) is 4.23. The number of H-pyrrole nitrogens is 1. The van der Waals surface area contributed by atoms with Crippen LogP contribution in [0.15, 0.2) is 24.8 Å². The topological polar surface area (TPSA) is 107 Å². The summed E-state index contributed by atoms with van der Waals surface area (Å²) in [7, 11) is 3.48. The van der Waals surface area contributed by atoms with E-state index in [0.29, 0.717) is 32.7 Å². The van der Waals surface area contributed by atoms with Gasteiger partial charge in [0.1, 0.15) is 5.52 Å². The van der Waals surface area contributed by atoms with Crippen LogP contribution in [-0.4, -0.2) is 66.1 Å². The van der Waals surface area contributed by atoms with E-state index in [9.17, 15) is 4.79 Å². The third-order valence-corrected chi connectivity index (χ3v) is 5.85. The molecule has 0 saturated heterocycles. The summed E-state index contributed by atoms with van der Waals surface area (Å²) in [4.78, 5) is 27.3. The molecule has 0 saturated carbocycles. The highest BCUT2D eigenvalue weighted by atomic mass is 16.5. The minimum atomic E-state index is 0.0781. The summed E-state index contributed by atoms with van der Waals surface area (Å²) in [6, 6.07) is 0. The fraction of sp³-hybridized carbons (Fsp3) is 0.409. The molecule has 4 aromatic heterocycles. The monoisotopic (exact) mass is 434 g/mol. The molecule has 166 valence electrons. The van der Waals surface area contributed by atoms with Gasteiger partial charge in [-0.15, -0.1) is 0 Å². The second-order valence-electron chi connectivity index (χ2n) is 8.14. The number of hydrogen-bond acceptors (Lipinski definition) is 6. The van der Waals surface area contributed by atoms with Crippen LogP contribution >= 0.6 is 0 Å². The first-order valence-corrected chi connectivity index (χ1v) is 10.7. The predicted molar refractivity (Wildman–Crippen MR) is 119 cm³/mol. The average molecular weight is 435 g/mol. The van der Waals surface area contributed by atoms with Crippen molar-refractivity contribution in [3.63, 3.8) is 0 Å². The highest BCUT2D eigenvalue weighted by molar-refractivity contribution is 5.92. The Morgan fingerprint density at radius 1 is 1.19 bits per heavy atom. The SMILES string of the molecule is COCCn1cc2c(n1)CN(C)C(=O)CCCn1cc(c(C)n1)-c1c[nH]c3ncc-2nc13. The minimum absolute atomic E-state index is 0.0781. The van der Waals surface area contributed by atoms with E-state index in [2.05, 4.69) is 15.1 Å². The fourth-order valence-corrected chi connectivity index (χ4v) is 4.11.